The van der Waals surface area contributed by atoms with Crippen LogP contribution in [-0.4, -0.2) is 5.84 Å². The van der Waals surface area contributed by atoms with Gasteiger partial charge in [-0.15, -0.1) is 11.8 Å². The molecule has 0 aliphatic carbocycles. The molecule has 6 rings (SSSR count). The molecule has 4 aromatic rings. The second-order valence-corrected chi connectivity index (χ2v) is 9.87. The minimum Gasteiger partial charge on any atom is -0.360 e. The maximum absolute atomic E-state index is 6.48. The number of halogens is 1. The summed E-state index contributed by atoms with van der Waals surface area (Å²) < 4.78 is 0. The molecule has 0 spiro atoms. The van der Waals surface area contributed by atoms with Crippen LogP contribution in [0.25, 0.3) is 0 Å². The van der Waals surface area contributed by atoms with E-state index in [1.165, 1.54) is 10.5 Å². The molecule has 4 aromatic carbocycles. The molecule has 0 saturated heterocycles. The largest absolute Gasteiger partial charge is 0.360 e. The van der Waals surface area contributed by atoms with E-state index in [0.29, 0.717) is 5.02 Å². The lowest BCUT2D eigenvalue weighted by atomic mass is 9.92. The van der Waals surface area contributed by atoms with Crippen LogP contribution in [0.2, 0.25) is 5.02 Å². The Morgan fingerprint density at radius 1 is 0.818 bits per heavy atom. The van der Waals surface area contributed by atoms with Gasteiger partial charge in [0.15, 0.2) is 5.84 Å². The van der Waals surface area contributed by atoms with Crippen molar-refractivity contribution in [2.75, 3.05) is 4.90 Å². The van der Waals surface area contributed by atoms with Crippen molar-refractivity contribution in [2.24, 2.45) is 5.16 Å². The summed E-state index contributed by atoms with van der Waals surface area (Å²) in [4.78, 5) is 9.96. The third-order valence-electron chi connectivity index (χ3n) is 6.19. The minimum absolute atomic E-state index is 0.179. The predicted octanol–water partition coefficient (Wildman–Crippen LogP) is 7.63. The third kappa shape index (κ3) is 3.50. The summed E-state index contributed by atoms with van der Waals surface area (Å²) in [6, 6.07) is 37.4. The van der Waals surface area contributed by atoms with Crippen LogP contribution in [-0.2, 0) is 10.6 Å². The van der Waals surface area contributed by atoms with Crippen molar-refractivity contribution in [3.05, 3.63) is 131 Å². The van der Waals surface area contributed by atoms with E-state index >= 15 is 0 Å². The molecule has 0 saturated carbocycles. The molecule has 0 aromatic heterocycles. The summed E-state index contributed by atoms with van der Waals surface area (Å²) in [6.07, 6.45) is 0.720. The first-order chi connectivity index (χ1) is 16.2. The maximum atomic E-state index is 6.48. The second-order valence-electron chi connectivity index (χ2n) is 8.19. The van der Waals surface area contributed by atoms with Crippen LogP contribution in [0.15, 0.2) is 119 Å². The number of rotatable bonds is 3. The first-order valence-electron chi connectivity index (χ1n) is 10.9. The number of thioether (sulfide) groups is 1. The van der Waals surface area contributed by atoms with Crippen LogP contribution in [0, 0.1) is 0 Å². The molecule has 0 radical (unpaired) electrons. The van der Waals surface area contributed by atoms with Gasteiger partial charge in [-0.2, -0.15) is 0 Å². The highest BCUT2D eigenvalue weighted by atomic mass is 35.5. The molecule has 0 amide bonds. The van der Waals surface area contributed by atoms with Crippen molar-refractivity contribution in [3.8, 4) is 0 Å². The number of para-hydroxylation sites is 1. The number of oxime groups is 1. The Morgan fingerprint density at radius 2 is 1.48 bits per heavy atom. The van der Waals surface area contributed by atoms with Crippen molar-refractivity contribution in [2.45, 2.75) is 22.3 Å². The standard InChI is InChI=1S/C28H21ClN2OS/c29-23-17-15-22(16-18-23)28-19-26(20-9-3-1-4-10-20)33-25-14-8-7-13-24(25)31(28)27(30-32-28)21-11-5-2-6-12-21/h1-18,26H,19H2/t26-,28+/m1/s1. The highest BCUT2D eigenvalue weighted by molar-refractivity contribution is 7.99. The number of fused-ring (bicyclic) bond motifs is 3. The molecule has 3 nitrogen and oxygen atoms in total. The number of amidine groups is 1. The Bertz CT molecular complexity index is 1310. The van der Waals surface area contributed by atoms with E-state index in [0.717, 1.165) is 29.1 Å². The van der Waals surface area contributed by atoms with E-state index in [1.54, 1.807) is 0 Å². The number of benzene rings is 4. The number of anilines is 1. The Balaban J connectivity index is 1.59. The van der Waals surface area contributed by atoms with Crippen molar-refractivity contribution in [1.82, 2.24) is 0 Å². The minimum atomic E-state index is -0.796. The van der Waals surface area contributed by atoms with Gasteiger partial charge in [0.25, 0.3) is 0 Å². The van der Waals surface area contributed by atoms with Gasteiger partial charge in [-0.05, 0) is 29.8 Å². The molecule has 162 valence electrons. The average molecular weight is 469 g/mol. The van der Waals surface area contributed by atoms with E-state index in [-0.39, 0.29) is 5.25 Å². The zero-order valence-corrected chi connectivity index (χ0v) is 19.3. The lowest BCUT2D eigenvalue weighted by Gasteiger charge is -2.37. The first kappa shape index (κ1) is 20.4. The zero-order valence-electron chi connectivity index (χ0n) is 17.8. The van der Waals surface area contributed by atoms with Crippen LogP contribution in [0.1, 0.15) is 28.4 Å². The van der Waals surface area contributed by atoms with Crippen molar-refractivity contribution >= 4 is 34.9 Å². The van der Waals surface area contributed by atoms with E-state index in [2.05, 4.69) is 83.8 Å². The molecule has 2 atom stereocenters. The number of hydrogen-bond acceptors (Lipinski definition) is 4. The predicted molar refractivity (Wildman–Crippen MR) is 136 cm³/mol. The van der Waals surface area contributed by atoms with E-state index in [4.69, 9.17) is 21.6 Å². The Kier molecular flexibility index (Phi) is 5.12. The van der Waals surface area contributed by atoms with Gasteiger partial charge in [-0.25, -0.2) is 0 Å². The van der Waals surface area contributed by atoms with E-state index in [9.17, 15) is 0 Å². The molecule has 2 heterocycles. The van der Waals surface area contributed by atoms with Gasteiger partial charge in [0.1, 0.15) is 0 Å². The van der Waals surface area contributed by atoms with Gasteiger partial charge in [0.2, 0.25) is 5.72 Å². The lowest BCUT2D eigenvalue weighted by Crippen LogP contribution is -2.47. The smallest absolute Gasteiger partial charge is 0.242 e. The molecular weight excluding hydrogens is 448 g/mol. The van der Waals surface area contributed by atoms with Crippen molar-refractivity contribution in [1.29, 1.82) is 0 Å². The van der Waals surface area contributed by atoms with Crippen molar-refractivity contribution in [3.63, 3.8) is 0 Å². The van der Waals surface area contributed by atoms with Gasteiger partial charge >= 0.3 is 0 Å². The summed E-state index contributed by atoms with van der Waals surface area (Å²) in [5, 5.41) is 5.57. The molecule has 5 heteroatoms. The molecule has 2 aliphatic heterocycles. The monoisotopic (exact) mass is 468 g/mol. The number of hydrogen-bond donors (Lipinski definition) is 0. The van der Waals surface area contributed by atoms with Gasteiger partial charge in [-0.1, -0.05) is 102 Å². The molecule has 0 N–H and O–H groups in total. The fourth-order valence-corrected chi connectivity index (χ4v) is 6.10. The first-order valence-corrected chi connectivity index (χ1v) is 12.2. The Morgan fingerprint density at radius 3 is 2.24 bits per heavy atom. The zero-order chi connectivity index (χ0) is 22.3. The molecule has 0 fully saturated rings. The third-order valence-corrected chi connectivity index (χ3v) is 7.77. The fourth-order valence-electron chi connectivity index (χ4n) is 4.63. The van der Waals surface area contributed by atoms with E-state index < -0.39 is 5.72 Å². The quantitative estimate of drug-likeness (QED) is 0.309. The van der Waals surface area contributed by atoms with Gasteiger partial charge < -0.3 is 4.84 Å². The Labute approximate surface area is 202 Å². The molecule has 33 heavy (non-hydrogen) atoms. The van der Waals surface area contributed by atoms with E-state index in [1.807, 2.05) is 42.1 Å². The highest BCUT2D eigenvalue weighted by Gasteiger charge is 2.52. The molecular formula is C28H21ClN2OS. The fraction of sp³-hybridized carbons (Fsp3) is 0.107. The lowest BCUT2D eigenvalue weighted by molar-refractivity contribution is -0.0283. The summed E-state index contributed by atoms with van der Waals surface area (Å²) in [6.45, 7) is 0. The van der Waals surface area contributed by atoms with Gasteiger partial charge in [0, 0.05) is 32.7 Å². The molecule has 0 unspecified atom stereocenters. The highest BCUT2D eigenvalue weighted by Crippen LogP contribution is 2.56. The summed E-state index contributed by atoms with van der Waals surface area (Å²) >= 11 is 8.14. The molecule has 0 bridgehead atoms. The van der Waals surface area contributed by atoms with Crippen LogP contribution >= 0.6 is 23.4 Å². The summed E-state index contributed by atoms with van der Waals surface area (Å²) in [5.41, 5.74) is 3.61. The summed E-state index contributed by atoms with van der Waals surface area (Å²) in [5.74, 6) is 0.812. The maximum Gasteiger partial charge on any atom is 0.242 e. The average Bonchev–Trinajstić information content (AvgIpc) is 3.18. The normalized spacial score (nSPS) is 21.4. The van der Waals surface area contributed by atoms with Crippen LogP contribution in [0.4, 0.5) is 5.69 Å². The summed E-state index contributed by atoms with van der Waals surface area (Å²) in [7, 11) is 0. The second kappa shape index (κ2) is 8.29. The SMILES string of the molecule is Clc1ccc([C@@]23C[C@H](c4ccccc4)Sc4ccccc4N2C(c2ccccc2)=NO3)cc1. The van der Waals surface area contributed by atoms with Gasteiger partial charge in [0.05, 0.1) is 5.69 Å². The topological polar surface area (TPSA) is 24.8 Å². The Hall–Kier alpha value is -3.21. The molecule has 2 aliphatic rings. The van der Waals surface area contributed by atoms with Crippen LogP contribution in [0.3, 0.4) is 0 Å². The van der Waals surface area contributed by atoms with Crippen LogP contribution in [0.5, 0.6) is 0 Å². The van der Waals surface area contributed by atoms with Crippen molar-refractivity contribution < 1.29 is 4.84 Å². The van der Waals surface area contributed by atoms with Gasteiger partial charge in [-0.3, -0.25) is 4.90 Å². The number of nitrogens with zero attached hydrogens (tertiary/aromatic N) is 2. The van der Waals surface area contributed by atoms with Crippen LogP contribution < -0.4 is 4.90 Å².